The Morgan fingerprint density at radius 3 is 1.11 bits per heavy atom. The number of hydrogen-bond donors (Lipinski definition) is 24. The highest BCUT2D eigenvalue weighted by Gasteiger charge is 2.40. The van der Waals surface area contributed by atoms with E-state index in [9.17, 15) is 19.8 Å². The second-order valence-electron chi connectivity index (χ2n) is 28.8. The average molecular weight is 1700 g/mol. The van der Waals surface area contributed by atoms with Gasteiger partial charge in [-0.3, -0.25) is 77.9 Å². The first-order chi connectivity index (χ1) is 58.2. The van der Waals surface area contributed by atoms with Crippen LogP contribution in [0.3, 0.4) is 0 Å². The predicted molar refractivity (Wildman–Crippen MR) is 444 cm³/mol. The zero-order valence-corrected chi connectivity index (χ0v) is 66.9. The summed E-state index contributed by atoms with van der Waals surface area (Å²) in [6.45, 7) is -0.0545. The Balaban J connectivity index is 1.14. The molecule has 40 nitrogen and oxygen atoms in total. The number of carbonyl (C=O) groups is 14. The topological polar surface area (TPSA) is 637 Å². The number of nitrogens with zero attached hydrogens (tertiary/aromatic N) is 2. The van der Waals surface area contributed by atoms with Crippen LogP contribution >= 0.6 is 21.6 Å². The smallest absolute Gasteiger partial charge is 0.303 e. The summed E-state index contributed by atoms with van der Waals surface area (Å²) in [6, 6.07) is 11.3. The maximum absolute atomic E-state index is 15.8. The van der Waals surface area contributed by atoms with E-state index < -0.39 is 211 Å². The SMILES string of the molecule is N=C(N)NCCC[C@@H]1NC(=O)[C@@H](Cc2ccccc2)NC(=O)[C@H](Cc2c[nH]cn2)NC(=O)[C@H](CCC(=O)O)NC(=O)[C@@H]2CSS[C@H](NC(=O)[C@H](Cc3c[nH]c4ccccc34)NC1=O)C(=O)N[C@@H](CCC(=O)O)C(=O)N[C@@H](Cc1c[nH]cn1)C(=O)N[C@H](Cc1ccccc1)C(=O)N[C@@H](CCCNC(=N)N)C(=O)N[C@@H](Cc1c[nH]c3ccccc13)C(=O)N2. The van der Waals surface area contributed by atoms with Gasteiger partial charge in [0.05, 0.1) is 24.0 Å². The third-order valence-corrected chi connectivity index (χ3v) is 22.4. The second-order valence-corrected chi connectivity index (χ2v) is 31.3. The van der Waals surface area contributed by atoms with Gasteiger partial charge in [0.25, 0.3) is 5.91 Å². The second kappa shape index (κ2) is 44.1. The van der Waals surface area contributed by atoms with Crippen molar-refractivity contribution in [1.82, 2.24) is 104 Å². The molecule has 10 rings (SSSR count). The summed E-state index contributed by atoms with van der Waals surface area (Å²) in [7, 11) is 1.07. The van der Waals surface area contributed by atoms with Crippen molar-refractivity contribution < 1.29 is 77.3 Å². The Labute approximate surface area is 699 Å². The van der Waals surface area contributed by atoms with Crippen molar-refractivity contribution in [1.29, 1.82) is 10.8 Å². The number of guanidine groups is 2. The lowest BCUT2D eigenvalue weighted by Gasteiger charge is -2.30. The van der Waals surface area contributed by atoms with E-state index in [4.69, 9.17) is 22.3 Å². The number of hydrogen-bond acceptors (Lipinski definition) is 20. The Bertz CT molecular complexity index is 4690. The van der Waals surface area contributed by atoms with Crippen LogP contribution in [0.5, 0.6) is 0 Å². The van der Waals surface area contributed by atoms with Gasteiger partial charge in [0.1, 0.15) is 66.5 Å². The summed E-state index contributed by atoms with van der Waals surface area (Å²) in [5.74, 6) is -17.7. The number of carbonyl (C=O) groups excluding carboxylic acids is 12. The first-order valence-electron chi connectivity index (χ1n) is 38.9. The van der Waals surface area contributed by atoms with Crippen molar-refractivity contribution in [3.05, 3.63) is 180 Å². The van der Waals surface area contributed by atoms with Crippen LogP contribution in [0.2, 0.25) is 0 Å². The minimum atomic E-state index is -2.02. The fraction of sp³-hybridized carbons (Fsp3) is 0.367. The number of nitrogens with two attached hydrogens (primary N) is 2. The number of fused-ring (bicyclic) bond motifs is 6. The zero-order valence-electron chi connectivity index (χ0n) is 65.3. The van der Waals surface area contributed by atoms with Crippen molar-refractivity contribution in [3.63, 3.8) is 0 Å². The van der Waals surface area contributed by atoms with E-state index in [1.807, 2.05) is 0 Å². The highest BCUT2D eigenvalue weighted by atomic mass is 33.1. The maximum Gasteiger partial charge on any atom is 0.303 e. The molecule has 2 bridgehead atoms. The molecule has 2 aliphatic rings. The molecule has 2 saturated heterocycles. The summed E-state index contributed by atoms with van der Waals surface area (Å²) in [5, 5.41) is 72.6. The first kappa shape index (κ1) is 89.5. The Morgan fingerprint density at radius 1 is 0.388 bits per heavy atom. The van der Waals surface area contributed by atoms with Crippen molar-refractivity contribution in [3.8, 4) is 0 Å². The number of nitrogens with one attached hydrogen (secondary N) is 20. The quantitative estimate of drug-likeness (QED) is 0.0124. The van der Waals surface area contributed by atoms with Crippen molar-refractivity contribution in [2.75, 3.05) is 18.8 Å². The Hall–Kier alpha value is -13.8. The molecule has 8 aromatic rings. The number of imidazole rings is 2. The van der Waals surface area contributed by atoms with Crippen LogP contribution in [0.15, 0.2) is 147 Å². The number of aromatic nitrogens is 6. The van der Waals surface area contributed by atoms with Gasteiger partial charge in [-0.05, 0) is 72.9 Å². The third kappa shape index (κ3) is 27.1. The number of aliphatic carboxylic acids is 2. The monoisotopic (exact) mass is 1700 g/mol. The maximum atomic E-state index is 15.8. The molecular weight excluding hydrogens is 1610 g/mol. The van der Waals surface area contributed by atoms with Crippen LogP contribution in [0.25, 0.3) is 21.8 Å². The minimum absolute atomic E-state index is 0.0147. The lowest BCUT2D eigenvalue weighted by molar-refractivity contribution is -0.139. The van der Waals surface area contributed by atoms with Crippen molar-refractivity contribution in [2.45, 2.75) is 162 Å². The van der Waals surface area contributed by atoms with Gasteiger partial charge >= 0.3 is 11.9 Å². The highest BCUT2D eigenvalue weighted by molar-refractivity contribution is 8.77. The van der Waals surface area contributed by atoms with Crippen LogP contribution in [-0.2, 0) is 106 Å². The van der Waals surface area contributed by atoms with Crippen molar-refractivity contribution in [2.24, 2.45) is 11.5 Å². The fourth-order valence-electron chi connectivity index (χ4n) is 13.6. The summed E-state index contributed by atoms with van der Waals surface area (Å²) in [4.78, 5) is 231. The number of rotatable bonds is 26. The van der Waals surface area contributed by atoms with Gasteiger partial charge in [-0.2, -0.15) is 0 Å². The van der Waals surface area contributed by atoms with Gasteiger partial charge < -0.3 is 116 Å². The lowest BCUT2D eigenvalue weighted by atomic mass is 10.0. The molecule has 6 heterocycles. The lowest BCUT2D eigenvalue weighted by Crippen LogP contribution is -2.62. The number of amides is 12. The number of H-pyrrole nitrogens is 4. The summed E-state index contributed by atoms with van der Waals surface area (Å²) in [5.41, 5.74) is 14.7. The number of para-hydroxylation sites is 2. The standard InChI is InChI=1S/C79H96N24O16S2/c80-78(81)86-27-11-21-52-65(108)98-58(31-44-35-88-50-19-9-7-17-48(44)50)71(114)102-62-39-120-121-77(76(119)95-55(24-26-64(106)107)68(111)101-61(34-47-38-85-41-91-47)73(116)97-56(69(112)92-52)29-42-13-3-1-4-14-42)103-74(117)59(32-45-36-89-51-20-10-8-18-49(45)51)99-66(109)53(22-12-28-87-79(82)83)93-70(113)57(30-43-15-5-2-6-16-43)96-72(115)60(33-46-37-84-40-90-46)100-67(110)54(94-75(62)118)23-25-63(104)105/h1-10,13-20,35-38,40-41,52-62,77,88-89H,11-12,21-34,39H2,(H,84,90)(H,85,91)(H,92,112)(H,93,113)(H,94,118)(H,95,119)(H,96,115)(H,97,116)(H,98,108)(H,99,109)(H,100,110)(H,101,111)(H,102,114)(H,103,117)(H,104,105)(H,106,107)(H4,80,81,86)(H4,82,83,87)/t52-,53-,54-,55-,56+,57+,58-,59-,60-,61-,62-,77-/m0/s1. The molecule has 2 fully saturated rings. The summed E-state index contributed by atoms with van der Waals surface area (Å²) in [6.07, 6.45) is 2.90. The van der Waals surface area contributed by atoms with E-state index in [1.165, 1.54) is 25.0 Å². The molecule has 0 radical (unpaired) electrons. The molecule has 42 heteroatoms. The van der Waals surface area contributed by atoms with Crippen LogP contribution < -0.4 is 85.9 Å². The Kier molecular flexibility index (Phi) is 32.7. The molecule has 0 unspecified atom stereocenters. The molecule has 640 valence electrons. The summed E-state index contributed by atoms with van der Waals surface area (Å²) < 4.78 is 0. The molecule has 0 spiro atoms. The predicted octanol–water partition coefficient (Wildman–Crippen LogP) is -1.71. The molecule has 121 heavy (non-hydrogen) atoms. The van der Waals surface area contributed by atoms with E-state index in [-0.39, 0.29) is 75.8 Å². The highest BCUT2D eigenvalue weighted by Crippen LogP contribution is 2.29. The minimum Gasteiger partial charge on any atom is -0.481 e. The van der Waals surface area contributed by atoms with Crippen molar-refractivity contribution >= 4 is 138 Å². The molecular formula is C79H96N24O16S2. The molecule has 4 aromatic heterocycles. The van der Waals surface area contributed by atoms with Gasteiger partial charge in [-0.15, -0.1) is 0 Å². The van der Waals surface area contributed by atoms with E-state index >= 15 is 57.5 Å². The van der Waals surface area contributed by atoms with Gasteiger partial charge in [0.15, 0.2) is 17.3 Å². The normalized spacial score (nSPS) is 22.6. The zero-order chi connectivity index (χ0) is 86.5. The molecule has 4 aromatic carbocycles. The third-order valence-electron chi connectivity index (χ3n) is 19.8. The number of carboxylic acid groups (broad SMARTS) is 2. The van der Waals surface area contributed by atoms with Crippen LogP contribution in [0, 0.1) is 10.8 Å². The van der Waals surface area contributed by atoms with E-state index in [2.05, 4.69) is 104 Å². The molecule has 0 saturated carbocycles. The largest absolute Gasteiger partial charge is 0.481 e. The molecule has 0 aliphatic carbocycles. The van der Waals surface area contributed by atoms with Crippen LogP contribution in [0.1, 0.15) is 85.0 Å². The first-order valence-corrected chi connectivity index (χ1v) is 41.2. The van der Waals surface area contributed by atoms with Crippen LogP contribution in [-0.4, -0.2) is 226 Å². The van der Waals surface area contributed by atoms with Gasteiger partial charge in [0, 0.05) is 117 Å². The average Bonchev–Trinajstić information content (AvgIpc) is 1.36. The molecule has 26 N–H and O–H groups in total. The van der Waals surface area contributed by atoms with Gasteiger partial charge in [0.2, 0.25) is 65.0 Å². The van der Waals surface area contributed by atoms with E-state index in [1.54, 1.807) is 122 Å². The number of benzene rings is 4. The van der Waals surface area contributed by atoms with Gasteiger partial charge in [-0.25, -0.2) is 9.97 Å². The number of aromatic amines is 4. The Morgan fingerprint density at radius 2 is 0.719 bits per heavy atom. The van der Waals surface area contributed by atoms with E-state index in [0.29, 0.717) is 65.6 Å². The van der Waals surface area contributed by atoms with E-state index in [0.717, 1.165) is 0 Å². The summed E-state index contributed by atoms with van der Waals surface area (Å²) >= 11 is 0. The number of carboxylic acids is 2. The molecule has 12 amide bonds. The molecule has 2 aliphatic heterocycles. The molecule has 12 atom stereocenters. The fourth-order valence-corrected chi connectivity index (χ4v) is 15.9. The van der Waals surface area contributed by atoms with Gasteiger partial charge in [-0.1, -0.05) is 119 Å². The van der Waals surface area contributed by atoms with Crippen LogP contribution in [0.4, 0.5) is 0 Å².